The molecule has 17 heteroatoms. The molecule has 1 N–H and O–H groups in total. The number of anilines is 1. The molecular weight excluding hydrogens is 638 g/mol. The van der Waals surface area contributed by atoms with Crippen LogP contribution in [0, 0.1) is 24.2 Å². The van der Waals surface area contributed by atoms with Crippen LogP contribution in [0.5, 0.6) is 0 Å². The average molecular weight is 666 g/mol. The number of alkyl halides is 4. The van der Waals surface area contributed by atoms with Crippen molar-refractivity contribution in [1.29, 1.82) is 5.26 Å². The number of benzene rings is 1. The van der Waals surface area contributed by atoms with Crippen molar-refractivity contribution in [3.05, 3.63) is 88.4 Å². The monoisotopic (exact) mass is 665 g/mol. The first-order chi connectivity index (χ1) is 21.7. The first-order valence-electron chi connectivity index (χ1n) is 13.4. The van der Waals surface area contributed by atoms with Crippen LogP contribution in [0.15, 0.2) is 54.9 Å². The molecule has 12 nitrogen and oxygen atoms in total. The van der Waals surface area contributed by atoms with Crippen molar-refractivity contribution in [3.63, 3.8) is 0 Å². The van der Waals surface area contributed by atoms with Crippen molar-refractivity contribution in [1.82, 2.24) is 14.7 Å². The van der Waals surface area contributed by atoms with Gasteiger partial charge in [-0.25, -0.2) is 31.8 Å². The number of nitrogens with one attached hydrogen (secondary N) is 1. The number of carbonyl (C=O) groups excluding carboxylic acids is 3. The van der Waals surface area contributed by atoms with E-state index in [0.717, 1.165) is 17.8 Å². The van der Waals surface area contributed by atoms with Gasteiger partial charge in [-0.15, -0.1) is 0 Å². The van der Waals surface area contributed by atoms with Gasteiger partial charge < -0.3 is 14.4 Å². The topological polar surface area (TPSA) is 169 Å². The number of nitriles is 1. The van der Waals surface area contributed by atoms with Crippen LogP contribution in [0.1, 0.15) is 56.4 Å². The zero-order valence-electron chi connectivity index (χ0n) is 24.3. The highest BCUT2D eigenvalue weighted by atomic mass is 32.2. The Bertz CT molecular complexity index is 1710. The van der Waals surface area contributed by atoms with Gasteiger partial charge in [0.25, 0.3) is 6.43 Å². The van der Waals surface area contributed by atoms with E-state index in [1.807, 2.05) is 23.8 Å². The molecular formula is C29H27F4N5O7S. The van der Waals surface area contributed by atoms with E-state index in [1.54, 1.807) is 18.2 Å². The maximum Gasteiger partial charge on any atom is 0.389 e. The van der Waals surface area contributed by atoms with Gasteiger partial charge in [0, 0.05) is 25.5 Å². The zero-order chi connectivity index (χ0) is 34.0. The lowest BCUT2D eigenvalue weighted by molar-refractivity contribution is -0.123. The second kappa shape index (κ2) is 15.8. The minimum Gasteiger partial charge on any atom is -0.462 e. The first kappa shape index (κ1) is 35.4. The number of hydrogen-bond acceptors (Lipinski definition) is 11. The van der Waals surface area contributed by atoms with Crippen LogP contribution in [0.2, 0.25) is 0 Å². The van der Waals surface area contributed by atoms with Gasteiger partial charge in [-0.3, -0.25) is 14.5 Å². The van der Waals surface area contributed by atoms with Gasteiger partial charge in [-0.2, -0.15) is 14.0 Å². The van der Waals surface area contributed by atoms with Crippen LogP contribution in [0.4, 0.5) is 23.4 Å². The Balaban J connectivity index is 0.000000402. The number of sulfonamides is 1. The molecule has 0 spiro atoms. The van der Waals surface area contributed by atoms with E-state index < -0.39 is 58.1 Å². The fraction of sp³-hybridized carbons (Fsp3) is 0.310. The van der Waals surface area contributed by atoms with Crippen LogP contribution < -0.4 is 9.62 Å². The summed E-state index contributed by atoms with van der Waals surface area (Å²) >= 11 is 0. The molecule has 0 aliphatic carbocycles. The van der Waals surface area contributed by atoms with Crippen molar-refractivity contribution in [2.45, 2.75) is 32.6 Å². The molecule has 0 bridgehead atoms. The Morgan fingerprint density at radius 3 is 2.39 bits per heavy atom. The van der Waals surface area contributed by atoms with Gasteiger partial charge >= 0.3 is 18.6 Å². The van der Waals surface area contributed by atoms with E-state index in [2.05, 4.69) is 14.7 Å². The third-order valence-electron chi connectivity index (χ3n) is 6.19. The van der Waals surface area contributed by atoms with Crippen molar-refractivity contribution in [3.8, 4) is 6.07 Å². The van der Waals surface area contributed by atoms with Crippen LogP contribution in [-0.2, 0) is 30.0 Å². The Kier molecular flexibility index (Phi) is 12.1. The molecule has 1 aliphatic rings. The van der Waals surface area contributed by atoms with Crippen molar-refractivity contribution in [2.75, 3.05) is 24.6 Å². The van der Waals surface area contributed by atoms with E-state index in [4.69, 9.17) is 4.74 Å². The lowest BCUT2D eigenvalue weighted by Crippen LogP contribution is -2.55. The molecule has 46 heavy (non-hydrogen) atoms. The molecule has 1 fully saturated rings. The SMILES string of the molecule is CCOC(=O)c1cc(C#N)c(N2CC(C(=O)NS(=O)(=O)Cc3cccc(C)c3)C2)nc1C(F)F.O=C(OC(F)F)c1cccnc1. The number of halogens is 4. The largest absolute Gasteiger partial charge is 0.462 e. The normalized spacial score (nSPS) is 12.8. The number of carbonyl (C=O) groups is 3. The summed E-state index contributed by atoms with van der Waals surface area (Å²) in [6.45, 7) is 0.141. The van der Waals surface area contributed by atoms with E-state index in [0.29, 0.717) is 5.56 Å². The predicted molar refractivity (Wildman–Crippen MR) is 153 cm³/mol. The van der Waals surface area contributed by atoms with E-state index in [9.17, 15) is 45.6 Å². The third kappa shape index (κ3) is 9.69. The Morgan fingerprint density at radius 1 is 1.11 bits per heavy atom. The Labute approximate surface area is 261 Å². The van der Waals surface area contributed by atoms with Gasteiger partial charge in [-0.1, -0.05) is 29.8 Å². The lowest BCUT2D eigenvalue weighted by Gasteiger charge is -2.39. The lowest BCUT2D eigenvalue weighted by atomic mass is 9.98. The quantitative estimate of drug-likeness (QED) is 0.246. The minimum absolute atomic E-state index is 0.0119. The maximum absolute atomic E-state index is 13.5. The van der Waals surface area contributed by atoms with E-state index >= 15 is 0 Å². The molecule has 0 atom stereocenters. The molecule has 0 unspecified atom stereocenters. The van der Waals surface area contributed by atoms with Crippen LogP contribution in [0.3, 0.4) is 0 Å². The number of pyridine rings is 2. The molecule has 244 valence electrons. The summed E-state index contributed by atoms with van der Waals surface area (Å²) in [5, 5.41) is 9.43. The molecule has 1 aliphatic heterocycles. The predicted octanol–water partition coefficient (Wildman–Crippen LogP) is 3.92. The highest BCUT2D eigenvalue weighted by Crippen LogP contribution is 2.31. The molecule has 2 aromatic heterocycles. The summed E-state index contributed by atoms with van der Waals surface area (Å²) in [5.74, 6) is -4.06. The van der Waals surface area contributed by atoms with E-state index in [1.165, 1.54) is 30.2 Å². The van der Waals surface area contributed by atoms with Gasteiger partial charge in [0.05, 0.1) is 35.0 Å². The molecule has 0 radical (unpaired) electrons. The summed E-state index contributed by atoms with van der Waals surface area (Å²) in [5.41, 5.74) is -0.0577. The number of nitrogens with zero attached hydrogens (tertiary/aromatic N) is 4. The van der Waals surface area contributed by atoms with E-state index in [-0.39, 0.29) is 42.4 Å². The minimum atomic E-state index is -3.94. The molecule has 3 heterocycles. The number of aryl methyl sites for hydroxylation is 1. The number of amides is 1. The summed E-state index contributed by atoms with van der Waals surface area (Å²) in [6.07, 6.45) is -0.512. The first-order valence-corrected chi connectivity index (χ1v) is 15.0. The summed E-state index contributed by atoms with van der Waals surface area (Å²) in [4.78, 5) is 43.9. The molecule has 4 rings (SSSR count). The van der Waals surface area contributed by atoms with Crippen LogP contribution >= 0.6 is 0 Å². The van der Waals surface area contributed by atoms with Crippen LogP contribution in [0.25, 0.3) is 0 Å². The zero-order valence-corrected chi connectivity index (χ0v) is 25.1. The molecule has 1 amide bonds. The maximum atomic E-state index is 13.5. The summed E-state index contributed by atoms with van der Waals surface area (Å²) in [6, 6.07) is 12.5. The Morgan fingerprint density at radius 2 is 1.83 bits per heavy atom. The van der Waals surface area contributed by atoms with Crippen molar-refractivity contribution < 1.29 is 49.8 Å². The molecule has 0 saturated carbocycles. The average Bonchev–Trinajstić information content (AvgIpc) is 2.96. The van der Waals surface area contributed by atoms with Crippen molar-refractivity contribution in [2.24, 2.45) is 5.92 Å². The number of ether oxygens (including phenoxy) is 2. The van der Waals surface area contributed by atoms with Gasteiger partial charge in [0.2, 0.25) is 15.9 Å². The van der Waals surface area contributed by atoms with Gasteiger partial charge in [0.15, 0.2) is 0 Å². The van der Waals surface area contributed by atoms with Crippen molar-refractivity contribution >= 4 is 33.7 Å². The second-order valence-corrected chi connectivity index (χ2v) is 11.4. The fourth-order valence-corrected chi connectivity index (χ4v) is 5.29. The Hall–Kier alpha value is -5.11. The summed E-state index contributed by atoms with van der Waals surface area (Å²) in [7, 11) is -3.94. The number of esters is 2. The van der Waals surface area contributed by atoms with Crippen LogP contribution in [-0.4, -0.2) is 62.5 Å². The smallest absolute Gasteiger partial charge is 0.389 e. The van der Waals surface area contributed by atoms with Gasteiger partial charge in [-0.05, 0) is 37.6 Å². The number of aromatic nitrogens is 2. The summed E-state index contributed by atoms with van der Waals surface area (Å²) < 4.78 is 85.2. The fourth-order valence-electron chi connectivity index (χ4n) is 4.12. The highest BCUT2D eigenvalue weighted by Gasteiger charge is 2.37. The van der Waals surface area contributed by atoms with Gasteiger partial charge in [0.1, 0.15) is 17.6 Å². The third-order valence-corrected chi connectivity index (χ3v) is 7.42. The number of rotatable bonds is 10. The standard InChI is InChI=1S/C22H22F2N4O5S.C7H5F2NO2/c1-3-33-22(30)17-8-15(9-25)20(26-18(17)19(23)24)28-10-16(11-28)21(29)27-34(31,32)12-14-6-4-5-13(2)7-14;8-7(9)12-6(11)5-2-1-3-10-4-5/h4-8,16,19H,3,10-12H2,1-2H3,(H,27,29);1-4,7H. The number of hydrogen-bond donors (Lipinski definition) is 1. The second-order valence-electron chi connectivity index (χ2n) is 9.65. The molecule has 3 aromatic rings. The highest BCUT2D eigenvalue weighted by molar-refractivity contribution is 7.89. The molecule has 1 aromatic carbocycles. The molecule has 1 saturated heterocycles.